The van der Waals surface area contributed by atoms with E-state index < -0.39 is 0 Å². The Hall–Kier alpha value is -0.850. The third-order valence-electron chi connectivity index (χ3n) is 7.49. The van der Waals surface area contributed by atoms with Crippen LogP contribution in [0.3, 0.4) is 0 Å². The van der Waals surface area contributed by atoms with Crippen molar-refractivity contribution in [3.8, 4) is 0 Å². The second-order valence-electron chi connectivity index (χ2n) is 8.51. The highest BCUT2D eigenvalue weighted by Gasteiger charge is 2.54. The van der Waals surface area contributed by atoms with E-state index in [-0.39, 0.29) is 0 Å². The van der Waals surface area contributed by atoms with E-state index in [1.54, 1.807) is 0 Å². The van der Waals surface area contributed by atoms with Crippen molar-refractivity contribution in [2.24, 2.45) is 28.6 Å². The Balaban J connectivity index is 1.70. The lowest BCUT2D eigenvalue weighted by Crippen LogP contribution is -2.47. The van der Waals surface area contributed by atoms with Crippen LogP contribution < -0.4 is 0 Å². The topological polar surface area (TPSA) is 17.1 Å². The van der Waals surface area contributed by atoms with Crippen molar-refractivity contribution in [1.82, 2.24) is 0 Å². The van der Waals surface area contributed by atoms with Gasteiger partial charge in [-0.15, -0.1) is 0 Å². The SMILES string of the molecule is CC12C=CCC1C1CC=C3CC(=O)CCCC3(C)C1CC2. The average Bonchev–Trinajstić information content (AvgIpc) is 2.76. The van der Waals surface area contributed by atoms with Gasteiger partial charge in [-0.25, -0.2) is 0 Å². The minimum atomic E-state index is 0.318. The van der Waals surface area contributed by atoms with Crippen molar-refractivity contribution in [3.63, 3.8) is 0 Å². The number of carbonyl (C=O) groups is 1. The first-order valence-electron chi connectivity index (χ1n) is 8.92. The van der Waals surface area contributed by atoms with Crippen molar-refractivity contribution >= 4 is 5.78 Å². The Morgan fingerprint density at radius 1 is 1.14 bits per heavy atom. The first kappa shape index (κ1) is 13.8. The summed E-state index contributed by atoms with van der Waals surface area (Å²) in [5, 5.41) is 0. The monoisotopic (exact) mass is 284 g/mol. The third-order valence-corrected chi connectivity index (χ3v) is 7.49. The summed E-state index contributed by atoms with van der Waals surface area (Å²) in [6.07, 6.45) is 16.6. The van der Waals surface area contributed by atoms with E-state index >= 15 is 0 Å². The standard InChI is InChI=1S/C20H28O/c1-19-10-4-6-17(19)16-8-7-14-13-15(21)5-3-11-20(14,2)18(16)9-12-19/h4,7,10,16-18H,3,5-6,8-9,11-13H2,1-2H3. The number of fused-ring (bicyclic) bond motifs is 5. The summed E-state index contributed by atoms with van der Waals surface area (Å²) in [5.41, 5.74) is 2.28. The highest BCUT2D eigenvalue weighted by molar-refractivity contribution is 5.81. The molecule has 4 aliphatic rings. The minimum absolute atomic E-state index is 0.318. The highest BCUT2D eigenvalue weighted by atomic mass is 16.1. The van der Waals surface area contributed by atoms with Crippen LogP contribution in [-0.2, 0) is 4.79 Å². The van der Waals surface area contributed by atoms with Crippen molar-refractivity contribution in [1.29, 1.82) is 0 Å². The predicted molar refractivity (Wildman–Crippen MR) is 85.9 cm³/mol. The molecule has 21 heavy (non-hydrogen) atoms. The van der Waals surface area contributed by atoms with Gasteiger partial charge in [0, 0.05) is 12.8 Å². The molecule has 2 saturated carbocycles. The van der Waals surface area contributed by atoms with Crippen LogP contribution in [0.25, 0.3) is 0 Å². The molecule has 1 nitrogen and oxygen atoms in total. The quantitative estimate of drug-likeness (QED) is 0.567. The predicted octanol–water partition coefficient (Wildman–Crippen LogP) is 5.07. The van der Waals surface area contributed by atoms with Crippen LogP contribution in [0, 0.1) is 28.6 Å². The highest BCUT2D eigenvalue weighted by Crippen LogP contribution is 2.62. The summed E-state index contributed by atoms with van der Waals surface area (Å²) in [4.78, 5) is 12.0. The molecular formula is C20H28O. The second-order valence-corrected chi connectivity index (χ2v) is 8.51. The van der Waals surface area contributed by atoms with E-state index in [1.807, 2.05) is 0 Å². The van der Waals surface area contributed by atoms with Crippen LogP contribution in [0.15, 0.2) is 23.8 Å². The number of carbonyl (C=O) groups excluding carboxylic acids is 1. The summed E-state index contributed by atoms with van der Waals surface area (Å²) < 4.78 is 0. The Labute approximate surface area is 128 Å². The summed E-state index contributed by atoms with van der Waals surface area (Å²) >= 11 is 0. The molecule has 0 amide bonds. The van der Waals surface area contributed by atoms with Gasteiger partial charge < -0.3 is 0 Å². The number of allylic oxidation sites excluding steroid dienone is 4. The van der Waals surface area contributed by atoms with Gasteiger partial charge in [0.1, 0.15) is 5.78 Å². The number of hydrogen-bond donors (Lipinski definition) is 0. The molecule has 4 aliphatic carbocycles. The van der Waals surface area contributed by atoms with Crippen LogP contribution in [0.4, 0.5) is 0 Å². The molecule has 0 saturated heterocycles. The van der Waals surface area contributed by atoms with Gasteiger partial charge in [-0.3, -0.25) is 4.79 Å². The fourth-order valence-corrected chi connectivity index (χ4v) is 6.21. The molecule has 0 aromatic carbocycles. The molecule has 0 aliphatic heterocycles. The molecule has 114 valence electrons. The van der Waals surface area contributed by atoms with Crippen LogP contribution in [0.2, 0.25) is 0 Å². The molecule has 1 heteroatoms. The van der Waals surface area contributed by atoms with E-state index in [9.17, 15) is 4.79 Å². The Morgan fingerprint density at radius 3 is 2.86 bits per heavy atom. The second kappa shape index (κ2) is 4.57. The molecule has 5 atom stereocenters. The number of Topliss-reactive ketones (excluding diaryl/α,β-unsaturated/α-hetero) is 1. The summed E-state index contributed by atoms with van der Waals surface area (Å²) in [6.45, 7) is 4.97. The van der Waals surface area contributed by atoms with Gasteiger partial charge in [-0.2, -0.15) is 0 Å². The Morgan fingerprint density at radius 2 is 2.00 bits per heavy atom. The van der Waals surface area contributed by atoms with Crippen LogP contribution in [0.1, 0.15) is 65.2 Å². The van der Waals surface area contributed by atoms with Gasteiger partial charge in [0.05, 0.1) is 0 Å². The molecule has 0 radical (unpaired) electrons. The van der Waals surface area contributed by atoms with Gasteiger partial charge in [0.2, 0.25) is 0 Å². The van der Waals surface area contributed by atoms with E-state index in [4.69, 9.17) is 0 Å². The largest absolute Gasteiger partial charge is 0.299 e. The third kappa shape index (κ3) is 1.92. The number of ketones is 1. The van der Waals surface area contributed by atoms with Gasteiger partial charge in [-0.1, -0.05) is 37.6 Å². The van der Waals surface area contributed by atoms with Crippen molar-refractivity contribution in [3.05, 3.63) is 23.8 Å². The lowest BCUT2D eigenvalue weighted by Gasteiger charge is -2.55. The van der Waals surface area contributed by atoms with E-state index in [1.165, 1.54) is 37.7 Å². The Kier molecular flexibility index (Phi) is 3.00. The van der Waals surface area contributed by atoms with E-state index in [0.717, 1.165) is 37.0 Å². The molecule has 0 spiro atoms. The number of rotatable bonds is 0. The van der Waals surface area contributed by atoms with Crippen LogP contribution >= 0.6 is 0 Å². The normalized spacial score (nSPS) is 49.0. The van der Waals surface area contributed by atoms with Crippen LogP contribution in [0.5, 0.6) is 0 Å². The molecular weight excluding hydrogens is 256 g/mol. The van der Waals surface area contributed by atoms with Gasteiger partial charge >= 0.3 is 0 Å². The molecule has 0 bridgehead atoms. The lowest BCUT2D eigenvalue weighted by molar-refractivity contribution is -0.118. The van der Waals surface area contributed by atoms with Crippen molar-refractivity contribution in [2.45, 2.75) is 65.2 Å². The molecule has 4 rings (SSSR count). The fourth-order valence-electron chi connectivity index (χ4n) is 6.21. The molecule has 0 N–H and O–H groups in total. The van der Waals surface area contributed by atoms with E-state index in [2.05, 4.69) is 32.1 Å². The molecule has 5 unspecified atom stereocenters. The van der Waals surface area contributed by atoms with Gasteiger partial charge in [0.25, 0.3) is 0 Å². The van der Waals surface area contributed by atoms with Crippen molar-refractivity contribution < 1.29 is 4.79 Å². The summed E-state index contributed by atoms with van der Waals surface area (Å²) in [7, 11) is 0. The zero-order valence-electron chi connectivity index (χ0n) is 13.5. The zero-order chi connectivity index (χ0) is 14.7. The Bertz CT molecular complexity index is 528. The maximum Gasteiger partial charge on any atom is 0.136 e. The fraction of sp³-hybridized carbons (Fsp3) is 0.750. The molecule has 0 aromatic rings. The first-order valence-corrected chi connectivity index (χ1v) is 8.92. The summed E-state index contributed by atoms with van der Waals surface area (Å²) in [6, 6.07) is 0. The minimum Gasteiger partial charge on any atom is -0.299 e. The molecule has 2 fully saturated rings. The van der Waals surface area contributed by atoms with Gasteiger partial charge in [0.15, 0.2) is 0 Å². The molecule has 0 heterocycles. The van der Waals surface area contributed by atoms with Gasteiger partial charge in [-0.05, 0) is 67.1 Å². The van der Waals surface area contributed by atoms with E-state index in [0.29, 0.717) is 16.6 Å². The first-order chi connectivity index (χ1) is 10.0. The smallest absolute Gasteiger partial charge is 0.136 e. The van der Waals surface area contributed by atoms with Crippen molar-refractivity contribution in [2.75, 3.05) is 0 Å². The van der Waals surface area contributed by atoms with Crippen LogP contribution in [-0.4, -0.2) is 5.78 Å². The maximum atomic E-state index is 12.0. The average molecular weight is 284 g/mol. The lowest BCUT2D eigenvalue weighted by atomic mass is 9.49. The number of hydrogen-bond acceptors (Lipinski definition) is 1. The molecule has 0 aromatic heterocycles. The zero-order valence-corrected chi connectivity index (χ0v) is 13.5. The maximum absolute atomic E-state index is 12.0. The summed E-state index contributed by atoms with van der Waals surface area (Å²) in [5.74, 6) is 3.00.